The van der Waals surface area contributed by atoms with E-state index in [-0.39, 0.29) is 22.8 Å². The zero-order valence-electron chi connectivity index (χ0n) is 14.3. The van der Waals surface area contributed by atoms with Crippen LogP contribution in [-0.2, 0) is 0 Å². The summed E-state index contributed by atoms with van der Waals surface area (Å²) >= 11 is 3.38. The maximum Gasteiger partial charge on any atom is 0.151 e. The molecule has 0 saturated carbocycles. The van der Waals surface area contributed by atoms with E-state index in [1.165, 1.54) is 0 Å². The average molecular weight is 420 g/mol. The van der Waals surface area contributed by atoms with E-state index in [2.05, 4.69) is 38.4 Å². The fourth-order valence-corrected chi connectivity index (χ4v) is 2.90. The van der Waals surface area contributed by atoms with Gasteiger partial charge < -0.3 is 15.8 Å². The number of pyridine rings is 1. The highest BCUT2D eigenvalue weighted by Crippen LogP contribution is 2.35. The van der Waals surface area contributed by atoms with Gasteiger partial charge in [-0.2, -0.15) is 10.5 Å². The number of nitrogens with two attached hydrogens (primary N) is 1. The molecule has 3 aromatic rings. The highest BCUT2D eigenvalue weighted by Gasteiger charge is 2.20. The van der Waals surface area contributed by atoms with E-state index in [1.807, 2.05) is 24.3 Å². The Balaban J connectivity index is 2.16. The summed E-state index contributed by atoms with van der Waals surface area (Å²) < 4.78 is 6.04. The van der Waals surface area contributed by atoms with Crippen LogP contribution in [0, 0.1) is 22.7 Å². The van der Waals surface area contributed by atoms with Gasteiger partial charge in [-0.1, -0.05) is 28.1 Å². The Morgan fingerprint density at radius 3 is 2.19 bits per heavy atom. The molecule has 0 aliphatic rings. The van der Waals surface area contributed by atoms with Crippen molar-refractivity contribution in [2.75, 3.05) is 18.2 Å². The number of nitrogens with zero attached hydrogens (tertiary/aromatic N) is 3. The highest BCUT2D eigenvalue weighted by molar-refractivity contribution is 9.10. The van der Waals surface area contributed by atoms with E-state index in [4.69, 9.17) is 10.5 Å². The lowest BCUT2D eigenvalue weighted by Gasteiger charge is -2.15. The summed E-state index contributed by atoms with van der Waals surface area (Å²) in [5.41, 5.74) is 8.31. The monoisotopic (exact) mass is 419 g/mol. The average Bonchev–Trinajstić information content (AvgIpc) is 2.69. The molecule has 0 radical (unpaired) electrons. The molecule has 0 unspecified atom stereocenters. The van der Waals surface area contributed by atoms with E-state index < -0.39 is 0 Å². The summed E-state index contributed by atoms with van der Waals surface area (Å²) in [7, 11) is 1.59. The summed E-state index contributed by atoms with van der Waals surface area (Å²) in [6.45, 7) is 0. The van der Waals surface area contributed by atoms with E-state index in [1.54, 1.807) is 31.4 Å². The molecule has 2 aromatic carbocycles. The molecule has 0 atom stereocenters. The van der Waals surface area contributed by atoms with Gasteiger partial charge in [0.15, 0.2) is 5.82 Å². The topological polar surface area (TPSA) is 108 Å². The Morgan fingerprint density at radius 1 is 1.00 bits per heavy atom. The standard InChI is InChI=1S/C20H14BrN5O/c1-27-15-8-6-14(7-9-15)25-20-17(11-23)18(16(10-22)19(24)26-20)12-2-4-13(21)5-3-12/h2-9H,1H3,(H3,24,25,26). The van der Waals surface area contributed by atoms with Gasteiger partial charge in [0.25, 0.3) is 0 Å². The van der Waals surface area contributed by atoms with Crippen molar-refractivity contribution >= 4 is 33.3 Å². The first-order valence-corrected chi connectivity index (χ1v) is 8.67. The Kier molecular flexibility index (Phi) is 5.25. The number of benzene rings is 2. The Morgan fingerprint density at radius 2 is 1.63 bits per heavy atom. The van der Waals surface area contributed by atoms with Crippen LogP contribution in [0.2, 0.25) is 0 Å². The van der Waals surface area contributed by atoms with Crippen molar-refractivity contribution in [1.29, 1.82) is 10.5 Å². The fraction of sp³-hybridized carbons (Fsp3) is 0.0500. The van der Waals surface area contributed by atoms with Gasteiger partial charge in [0, 0.05) is 15.7 Å². The predicted molar refractivity (Wildman–Crippen MR) is 107 cm³/mol. The Labute approximate surface area is 165 Å². The van der Waals surface area contributed by atoms with Gasteiger partial charge in [0.1, 0.15) is 34.8 Å². The molecule has 0 bridgehead atoms. The van der Waals surface area contributed by atoms with Crippen LogP contribution >= 0.6 is 15.9 Å². The third-order valence-electron chi connectivity index (χ3n) is 3.93. The van der Waals surface area contributed by atoms with Crippen LogP contribution < -0.4 is 15.8 Å². The van der Waals surface area contributed by atoms with Crippen molar-refractivity contribution < 1.29 is 4.74 Å². The van der Waals surface area contributed by atoms with Gasteiger partial charge in [-0.25, -0.2) is 4.98 Å². The van der Waals surface area contributed by atoms with Gasteiger partial charge in [-0.15, -0.1) is 0 Å². The summed E-state index contributed by atoms with van der Waals surface area (Å²) in [4.78, 5) is 4.24. The van der Waals surface area contributed by atoms with Crippen molar-refractivity contribution in [1.82, 2.24) is 4.98 Å². The smallest absolute Gasteiger partial charge is 0.151 e. The van der Waals surface area contributed by atoms with Crippen molar-refractivity contribution in [3.05, 3.63) is 64.1 Å². The minimum atomic E-state index is 0.0606. The Bertz CT molecular complexity index is 1060. The molecule has 6 nitrogen and oxygen atoms in total. The maximum atomic E-state index is 9.78. The lowest BCUT2D eigenvalue weighted by molar-refractivity contribution is 0.415. The molecule has 0 aliphatic carbocycles. The minimum Gasteiger partial charge on any atom is -0.497 e. The molecule has 27 heavy (non-hydrogen) atoms. The van der Waals surface area contributed by atoms with E-state index in [0.717, 1.165) is 4.47 Å². The summed E-state index contributed by atoms with van der Waals surface area (Å²) in [5, 5.41) is 22.4. The van der Waals surface area contributed by atoms with Crippen molar-refractivity contribution in [3.8, 4) is 29.0 Å². The van der Waals surface area contributed by atoms with Crippen LogP contribution in [0.15, 0.2) is 53.0 Å². The van der Waals surface area contributed by atoms with E-state index in [0.29, 0.717) is 22.6 Å². The molecule has 1 heterocycles. The first-order valence-electron chi connectivity index (χ1n) is 7.88. The minimum absolute atomic E-state index is 0.0606. The summed E-state index contributed by atoms with van der Waals surface area (Å²) in [5.74, 6) is 1.06. The normalized spacial score (nSPS) is 9.93. The number of ether oxygens (including phenoxy) is 1. The second-order valence-electron chi connectivity index (χ2n) is 5.55. The third kappa shape index (κ3) is 3.69. The van der Waals surface area contributed by atoms with Gasteiger partial charge >= 0.3 is 0 Å². The number of hydrogen-bond acceptors (Lipinski definition) is 6. The van der Waals surface area contributed by atoms with Crippen LogP contribution in [0.25, 0.3) is 11.1 Å². The second kappa shape index (κ2) is 7.77. The highest BCUT2D eigenvalue weighted by atomic mass is 79.9. The van der Waals surface area contributed by atoms with E-state index in [9.17, 15) is 10.5 Å². The number of methoxy groups -OCH3 is 1. The molecule has 1 aromatic heterocycles. The molecular formula is C20H14BrN5O. The number of nitriles is 2. The Hall–Kier alpha value is -3.55. The molecule has 3 rings (SSSR count). The lowest BCUT2D eigenvalue weighted by Crippen LogP contribution is -2.06. The molecule has 0 saturated heterocycles. The quantitative estimate of drug-likeness (QED) is 0.639. The molecule has 132 valence electrons. The number of rotatable bonds is 4. The number of halogens is 1. The number of aromatic nitrogens is 1. The molecule has 0 aliphatic heterocycles. The largest absolute Gasteiger partial charge is 0.497 e. The molecular weight excluding hydrogens is 406 g/mol. The van der Waals surface area contributed by atoms with Gasteiger partial charge in [0.2, 0.25) is 0 Å². The number of anilines is 3. The van der Waals surface area contributed by atoms with Crippen molar-refractivity contribution in [2.45, 2.75) is 0 Å². The number of hydrogen-bond donors (Lipinski definition) is 2. The molecule has 3 N–H and O–H groups in total. The maximum absolute atomic E-state index is 9.78. The fourth-order valence-electron chi connectivity index (χ4n) is 2.63. The first-order chi connectivity index (χ1) is 13.1. The molecule has 0 amide bonds. The number of nitrogens with one attached hydrogen (secondary N) is 1. The lowest BCUT2D eigenvalue weighted by atomic mass is 9.96. The SMILES string of the molecule is COc1ccc(Nc2nc(N)c(C#N)c(-c3ccc(Br)cc3)c2C#N)cc1. The molecule has 7 heteroatoms. The van der Waals surface area contributed by atoms with Crippen molar-refractivity contribution in [3.63, 3.8) is 0 Å². The van der Waals surface area contributed by atoms with Gasteiger partial charge in [-0.05, 0) is 42.0 Å². The van der Waals surface area contributed by atoms with Gasteiger partial charge in [0.05, 0.1) is 7.11 Å². The zero-order valence-corrected chi connectivity index (χ0v) is 15.9. The zero-order chi connectivity index (χ0) is 19.4. The third-order valence-corrected chi connectivity index (χ3v) is 4.46. The van der Waals surface area contributed by atoms with Gasteiger partial charge in [-0.3, -0.25) is 0 Å². The van der Waals surface area contributed by atoms with Crippen LogP contribution in [0.1, 0.15) is 11.1 Å². The van der Waals surface area contributed by atoms with Crippen LogP contribution in [-0.4, -0.2) is 12.1 Å². The predicted octanol–water partition coefficient (Wildman–Crippen LogP) is 4.59. The number of nitrogen functional groups attached to an aromatic ring is 1. The molecule has 0 spiro atoms. The summed E-state index contributed by atoms with van der Waals surface area (Å²) in [6.07, 6.45) is 0. The molecule has 0 fully saturated rings. The van der Waals surface area contributed by atoms with Crippen LogP contribution in [0.3, 0.4) is 0 Å². The second-order valence-corrected chi connectivity index (χ2v) is 6.47. The van der Waals surface area contributed by atoms with E-state index >= 15 is 0 Å². The van der Waals surface area contributed by atoms with Crippen molar-refractivity contribution in [2.24, 2.45) is 0 Å². The van der Waals surface area contributed by atoms with Crippen LogP contribution in [0.4, 0.5) is 17.3 Å². The summed E-state index contributed by atoms with van der Waals surface area (Å²) in [6, 6.07) is 18.7. The first kappa shape index (κ1) is 18.2. The van der Waals surface area contributed by atoms with Crippen LogP contribution in [0.5, 0.6) is 5.75 Å².